The first-order chi connectivity index (χ1) is 2.41. The van der Waals surface area contributed by atoms with Crippen LogP contribution in [0.15, 0.2) is 8.44 Å². The van der Waals surface area contributed by atoms with Gasteiger partial charge in [0.1, 0.15) is 22.9 Å². The minimum absolute atomic E-state index is 0.381. The van der Waals surface area contributed by atoms with Crippen molar-refractivity contribution in [3.63, 3.8) is 0 Å². The van der Waals surface area contributed by atoms with Gasteiger partial charge in [0, 0.05) is 0 Å². The Hall–Kier alpha value is 0. The molecular weight excluding hydrogens is 183 g/mol. The Morgan fingerprint density at radius 3 is 2.40 bits per heavy atom. The topological polar surface area (TPSA) is 41.8 Å². The van der Waals surface area contributed by atoms with Gasteiger partial charge in [0.15, 0.2) is 0 Å². The number of hydrogen-bond acceptors (Lipinski definition) is 2. The largest absolute Gasteiger partial charge is 0.275 e. The number of carbonyl (C=O) groups is 1. The van der Waals surface area contributed by atoms with Crippen molar-refractivity contribution in [3.8, 4) is 0 Å². The first kappa shape index (κ1) is 5.00. The molecule has 0 aromatic rings. The highest BCUT2D eigenvalue weighted by molar-refractivity contribution is 14.1. The van der Waals surface area contributed by atoms with E-state index >= 15 is 0 Å². The first-order valence-corrected chi connectivity index (χ1v) is 1.83. The average Bonchev–Trinajstić information content (AvgIpc) is 1.41. The number of nitrogens with zero attached hydrogens (tertiary/aromatic N) is 2. The fourth-order valence-electron chi connectivity index (χ4n) is 0.0178. The normalized spacial score (nSPS) is 9.00. The van der Waals surface area contributed by atoms with Crippen molar-refractivity contribution in [2.24, 2.45) is 8.44 Å². The molecule has 4 heteroatoms. The summed E-state index contributed by atoms with van der Waals surface area (Å²) < 4.78 is 3.08. The van der Waals surface area contributed by atoms with Gasteiger partial charge < -0.3 is 0 Å². The van der Waals surface area contributed by atoms with Gasteiger partial charge in [-0.25, -0.2) is 0 Å². The molecular formula is CHIN2O. The molecule has 0 atom stereocenters. The van der Waals surface area contributed by atoms with Gasteiger partial charge in [0.05, 0.1) is 0 Å². The molecule has 0 heterocycles. The lowest BCUT2D eigenvalue weighted by atomic mass is 11.5. The summed E-state index contributed by atoms with van der Waals surface area (Å²) in [5, 5.41) is 2.90. The predicted octanol–water partition coefficient (Wildman–Crippen LogP) is 0.945. The number of halogens is 1. The van der Waals surface area contributed by atoms with Crippen LogP contribution in [0, 0.1) is 0 Å². The molecule has 0 aliphatic rings. The third-order valence-corrected chi connectivity index (χ3v) is 0.340. The molecule has 0 spiro atoms. The van der Waals surface area contributed by atoms with E-state index in [0.29, 0.717) is 6.41 Å². The van der Waals surface area contributed by atoms with E-state index in [1.807, 2.05) is 0 Å². The Morgan fingerprint density at radius 2 is 2.40 bits per heavy atom. The highest BCUT2D eigenvalue weighted by atomic mass is 127. The van der Waals surface area contributed by atoms with Gasteiger partial charge in [0.2, 0.25) is 0 Å². The van der Waals surface area contributed by atoms with Gasteiger partial charge in [-0.3, -0.25) is 4.79 Å². The van der Waals surface area contributed by atoms with Crippen molar-refractivity contribution in [1.29, 1.82) is 0 Å². The van der Waals surface area contributed by atoms with E-state index < -0.39 is 0 Å². The lowest BCUT2D eigenvalue weighted by molar-refractivity contribution is -0.107. The summed E-state index contributed by atoms with van der Waals surface area (Å²) in [5.74, 6) is 0. The van der Waals surface area contributed by atoms with Gasteiger partial charge in [-0.1, -0.05) is 0 Å². The second-order valence-electron chi connectivity index (χ2n) is 0.296. The maximum absolute atomic E-state index is 9.14. The molecule has 0 fully saturated rings. The van der Waals surface area contributed by atoms with E-state index in [1.165, 1.54) is 0 Å². The van der Waals surface area contributed by atoms with Crippen molar-refractivity contribution in [2.45, 2.75) is 0 Å². The molecule has 28 valence electrons. The van der Waals surface area contributed by atoms with Crippen molar-refractivity contribution in [2.75, 3.05) is 0 Å². The van der Waals surface area contributed by atoms with Crippen LogP contribution in [0.2, 0.25) is 0 Å². The van der Waals surface area contributed by atoms with Crippen molar-refractivity contribution in [3.05, 3.63) is 0 Å². The Balaban J connectivity index is 2.92. The number of carbonyl (C=O) groups excluding carboxylic acids is 1. The highest BCUT2D eigenvalue weighted by Gasteiger charge is 1.50. The molecule has 0 aromatic carbocycles. The zero-order valence-corrected chi connectivity index (χ0v) is 4.42. The minimum atomic E-state index is 0.381. The third-order valence-electron chi connectivity index (χ3n) is 0.0908. The lowest BCUT2D eigenvalue weighted by Crippen LogP contribution is -1.46. The quantitative estimate of drug-likeness (QED) is 0.339. The summed E-state index contributed by atoms with van der Waals surface area (Å²) >= 11 is 1.61. The van der Waals surface area contributed by atoms with Crippen LogP contribution in [0.1, 0.15) is 0 Å². The molecule has 0 aromatic heterocycles. The Labute approximate surface area is 43.0 Å². The van der Waals surface area contributed by atoms with Gasteiger partial charge in [-0.2, -0.15) is 0 Å². The van der Waals surface area contributed by atoms with Crippen LogP contribution in [0.3, 0.4) is 0 Å². The third kappa shape index (κ3) is 4.00. The van der Waals surface area contributed by atoms with E-state index in [9.17, 15) is 0 Å². The SMILES string of the molecule is O=CN=NI. The molecule has 5 heavy (non-hydrogen) atoms. The molecule has 0 N–H and O–H groups in total. The number of rotatable bonds is 1. The molecule has 0 radical (unpaired) electrons. The fourth-order valence-corrected chi connectivity index (χ4v) is 0.120. The van der Waals surface area contributed by atoms with Crippen LogP contribution in [0.25, 0.3) is 0 Å². The Kier molecular flexibility index (Phi) is 4.00. The van der Waals surface area contributed by atoms with Crippen molar-refractivity contribution in [1.82, 2.24) is 0 Å². The standard InChI is InChI=1S/CHIN2O/c2-4-3-1-5/h1H. The van der Waals surface area contributed by atoms with E-state index in [0.717, 1.165) is 0 Å². The van der Waals surface area contributed by atoms with Crippen molar-refractivity contribution < 1.29 is 4.79 Å². The summed E-state index contributed by atoms with van der Waals surface area (Å²) in [6, 6.07) is 0. The maximum Gasteiger partial charge on any atom is 0.253 e. The number of amides is 1. The fraction of sp³-hybridized carbons (Fsp3) is 0. The van der Waals surface area contributed by atoms with E-state index in [1.54, 1.807) is 22.9 Å². The van der Waals surface area contributed by atoms with Crippen LogP contribution < -0.4 is 0 Å². The molecule has 0 saturated carbocycles. The van der Waals surface area contributed by atoms with Gasteiger partial charge >= 0.3 is 0 Å². The first-order valence-electron chi connectivity index (χ1n) is 0.863. The van der Waals surface area contributed by atoms with Gasteiger partial charge in [-0.15, -0.1) is 8.44 Å². The summed E-state index contributed by atoms with van der Waals surface area (Å²) in [5.41, 5.74) is 0. The molecule has 1 amide bonds. The summed E-state index contributed by atoms with van der Waals surface area (Å²) in [7, 11) is 0. The van der Waals surface area contributed by atoms with Crippen LogP contribution in [-0.4, -0.2) is 6.41 Å². The Morgan fingerprint density at radius 1 is 1.80 bits per heavy atom. The highest BCUT2D eigenvalue weighted by Crippen LogP contribution is 1.78. The summed E-state index contributed by atoms with van der Waals surface area (Å²) in [6.45, 7) is 0. The van der Waals surface area contributed by atoms with Gasteiger partial charge in [-0.05, 0) is 0 Å². The summed E-state index contributed by atoms with van der Waals surface area (Å²) in [4.78, 5) is 9.14. The number of hydrogen-bond donors (Lipinski definition) is 0. The predicted molar refractivity (Wildman–Crippen MR) is 24.9 cm³/mol. The van der Waals surface area contributed by atoms with Crippen molar-refractivity contribution >= 4 is 29.3 Å². The van der Waals surface area contributed by atoms with Crippen LogP contribution in [0.4, 0.5) is 0 Å². The molecule has 0 aliphatic carbocycles. The van der Waals surface area contributed by atoms with Crippen LogP contribution in [0.5, 0.6) is 0 Å². The molecule has 0 aliphatic heterocycles. The average molecular weight is 184 g/mol. The second kappa shape index (κ2) is 4.00. The molecule has 0 rings (SSSR count). The Bertz CT molecular complexity index is 51.6. The lowest BCUT2D eigenvalue weighted by Gasteiger charge is -1.50. The smallest absolute Gasteiger partial charge is 0.253 e. The zero-order chi connectivity index (χ0) is 4.12. The van der Waals surface area contributed by atoms with Gasteiger partial charge in [0.25, 0.3) is 6.41 Å². The second-order valence-corrected chi connectivity index (χ2v) is 0.728. The van der Waals surface area contributed by atoms with E-state index in [2.05, 4.69) is 8.44 Å². The molecule has 0 saturated heterocycles. The van der Waals surface area contributed by atoms with E-state index in [4.69, 9.17) is 4.79 Å². The van der Waals surface area contributed by atoms with E-state index in [-0.39, 0.29) is 0 Å². The summed E-state index contributed by atoms with van der Waals surface area (Å²) in [6.07, 6.45) is 0.381. The monoisotopic (exact) mass is 184 g/mol. The molecule has 0 bridgehead atoms. The minimum Gasteiger partial charge on any atom is -0.275 e. The molecule has 0 unspecified atom stereocenters. The van der Waals surface area contributed by atoms with Crippen LogP contribution >= 0.6 is 22.9 Å². The maximum atomic E-state index is 9.14. The molecule has 3 nitrogen and oxygen atoms in total. The zero-order valence-electron chi connectivity index (χ0n) is 2.26. The van der Waals surface area contributed by atoms with Crippen LogP contribution in [-0.2, 0) is 4.79 Å².